The second-order valence-electron chi connectivity index (χ2n) is 3.73. The van der Waals surface area contributed by atoms with E-state index in [0.717, 1.165) is 16.6 Å². The molecule has 0 unspecified atom stereocenters. The summed E-state index contributed by atoms with van der Waals surface area (Å²) < 4.78 is 7.22. The molecule has 0 radical (unpaired) electrons. The van der Waals surface area contributed by atoms with Crippen LogP contribution in [-0.4, -0.2) is 18.3 Å². The van der Waals surface area contributed by atoms with Crippen molar-refractivity contribution in [3.63, 3.8) is 0 Å². The van der Waals surface area contributed by atoms with Gasteiger partial charge in [-0.25, -0.2) is 4.57 Å². The highest BCUT2D eigenvalue weighted by molar-refractivity contribution is 7.12. The molecule has 5 nitrogen and oxygen atoms in total. The Labute approximate surface area is 115 Å². The minimum absolute atomic E-state index is 0.0903. The van der Waals surface area contributed by atoms with Crippen LogP contribution in [-0.2, 0) is 6.54 Å². The van der Waals surface area contributed by atoms with Crippen LogP contribution in [0.4, 0.5) is 10.8 Å². The highest BCUT2D eigenvalue weighted by Gasteiger charge is 2.10. The lowest BCUT2D eigenvalue weighted by Crippen LogP contribution is -2.32. The third kappa shape index (κ3) is 3.84. The number of benzene rings is 1. The van der Waals surface area contributed by atoms with Crippen LogP contribution >= 0.6 is 11.3 Å². The first-order chi connectivity index (χ1) is 9.33. The first-order valence-electron chi connectivity index (χ1n) is 6.06. The Morgan fingerprint density at radius 2 is 2.05 bits per heavy atom. The Hall–Kier alpha value is -1.79. The van der Waals surface area contributed by atoms with E-state index >= 15 is 0 Å². The number of nitrogens with zero attached hydrogens (tertiary/aromatic N) is 3. The minimum atomic E-state index is 0.0903. The molecule has 0 saturated carbocycles. The maximum Gasteiger partial charge on any atom is 0.408 e. The van der Waals surface area contributed by atoms with Crippen molar-refractivity contribution in [2.24, 2.45) is 10.2 Å². The molecule has 100 valence electrons. The van der Waals surface area contributed by atoms with Crippen LogP contribution in [0.5, 0.6) is 5.75 Å². The van der Waals surface area contributed by atoms with E-state index < -0.39 is 0 Å². The molecule has 1 aromatic carbocycles. The monoisotopic (exact) mass is 278 g/mol. The van der Waals surface area contributed by atoms with Gasteiger partial charge < -0.3 is 9.84 Å². The summed E-state index contributed by atoms with van der Waals surface area (Å²) >= 11 is 1.49. The number of aliphatic hydroxyl groups is 1. The summed E-state index contributed by atoms with van der Waals surface area (Å²) in [5.74, 6) is 0.827. The van der Waals surface area contributed by atoms with Crippen LogP contribution in [0.15, 0.2) is 46.1 Å². The molecule has 0 spiro atoms. The zero-order valence-corrected chi connectivity index (χ0v) is 11.5. The number of ether oxygens (including phenoxy) is 1. The van der Waals surface area contributed by atoms with Crippen molar-refractivity contribution >= 4 is 22.2 Å². The molecule has 19 heavy (non-hydrogen) atoms. The first kappa shape index (κ1) is 13.6. The molecule has 0 bridgehead atoms. The third-order valence-electron chi connectivity index (χ3n) is 2.40. The topological polar surface area (TPSA) is 58.1 Å². The molecule has 1 heterocycles. The Morgan fingerprint density at radius 1 is 1.26 bits per heavy atom. The molecule has 0 atom stereocenters. The molecule has 0 saturated heterocycles. The number of hydrogen-bond acceptors (Lipinski definition) is 5. The minimum Gasteiger partial charge on any atom is -0.494 e. The van der Waals surface area contributed by atoms with E-state index in [1.54, 1.807) is 0 Å². The van der Waals surface area contributed by atoms with E-state index in [2.05, 4.69) is 10.2 Å². The average molecular weight is 278 g/mol. The highest BCUT2D eigenvalue weighted by Crippen LogP contribution is 2.21. The van der Waals surface area contributed by atoms with Crippen LogP contribution in [0.2, 0.25) is 0 Å². The Bertz CT molecular complexity index is 537. The van der Waals surface area contributed by atoms with Crippen LogP contribution in [0.3, 0.4) is 0 Å². The van der Waals surface area contributed by atoms with E-state index in [9.17, 15) is 0 Å². The standard InChI is InChI=1S/C13H16N3O2S/c1-2-18-12-5-3-11(4-6-12)14-15-13-16(7-9-17)8-10-19-13/h3-6,8,10,17H,2,7,9H2,1H3/q+1. The van der Waals surface area contributed by atoms with E-state index in [-0.39, 0.29) is 6.61 Å². The quantitative estimate of drug-likeness (QED) is 0.652. The largest absolute Gasteiger partial charge is 0.494 e. The fourth-order valence-corrected chi connectivity index (χ4v) is 2.24. The van der Waals surface area contributed by atoms with E-state index in [4.69, 9.17) is 9.84 Å². The van der Waals surface area contributed by atoms with Gasteiger partial charge in [0.1, 0.15) is 24.2 Å². The summed E-state index contributed by atoms with van der Waals surface area (Å²) in [7, 11) is 0. The van der Waals surface area contributed by atoms with Gasteiger partial charge in [0.25, 0.3) is 0 Å². The molecule has 0 aliphatic heterocycles. The second-order valence-corrected chi connectivity index (χ2v) is 4.60. The van der Waals surface area contributed by atoms with Gasteiger partial charge in [-0.05, 0) is 47.6 Å². The summed E-state index contributed by atoms with van der Waals surface area (Å²) in [6.45, 7) is 3.22. The summed E-state index contributed by atoms with van der Waals surface area (Å²) in [4.78, 5) is 0. The van der Waals surface area contributed by atoms with E-state index in [1.807, 2.05) is 47.3 Å². The SMILES string of the molecule is CCOc1ccc(N=Nc2scc[n+]2CCO)cc1. The smallest absolute Gasteiger partial charge is 0.408 e. The van der Waals surface area contributed by atoms with Crippen molar-refractivity contribution in [3.8, 4) is 5.75 Å². The van der Waals surface area contributed by atoms with Gasteiger partial charge in [0.2, 0.25) is 0 Å². The first-order valence-corrected chi connectivity index (χ1v) is 6.94. The number of aromatic nitrogens is 1. The second kappa shape index (κ2) is 6.96. The zero-order chi connectivity index (χ0) is 13.5. The lowest BCUT2D eigenvalue weighted by Gasteiger charge is -2.00. The molecule has 0 fully saturated rings. The fourth-order valence-electron chi connectivity index (χ4n) is 1.53. The number of azo groups is 1. The van der Waals surface area contributed by atoms with Gasteiger partial charge in [0.15, 0.2) is 0 Å². The van der Waals surface area contributed by atoms with Crippen LogP contribution in [0.1, 0.15) is 6.92 Å². The summed E-state index contributed by atoms with van der Waals surface area (Å²) in [6.07, 6.45) is 1.88. The highest BCUT2D eigenvalue weighted by atomic mass is 32.1. The van der Waals surface area contributed by atoms with Crippen molar-refractivity contribution in [1.29, 1.82) is 0 Å². The number of aliphatic hydroxyl groups excluding tert-OH is 1. The maximum atomic E-state index is 8.93. The van der Waals surface area contributed by atoms with Crippen molar-refractivity contribution < 1.29 is 14.4 Å². The Morgan fingerprint density at radius 3 is 2.74 bits per heavy atom. The molecule has 2 aromatic rings. The van der Waals surface area contributed by atoms with Gasteiger partial charge in [-0.1, -0.05) is 0 Å². The van der Waals surface area contributed by atoms with Crippen molar-refractivity contribution in [1.82, 2.24) is 0 Å². The Balaban J connectivity index is 2.07. The maximum absolute atomic E-state index is 8.93. The van der Waals surface area contributed by atoms with Gasteiger partial charge in [-0.2, -0.15) is 0 Å². The van der Waals surface area contributed by atoms with Crippen LogP contribution < -0.4 is 9.30 Å². The fraction of sp³-hybridized carbons (Fsp3) is 0.308. The number of thiazole rings is 1. The van der Waals surface area contributed by atoms with Crippen LogP contribution in [0.25, 0.3) is 0 Å². The van der Waals surface area contributed by atoms with Crippen LogP contribution in [0, 0.1) is 0 Å². The molecule has 6 heteroatoms. The lowest BCUT2D eigenvalue weighted by molar-refractivity contribution is -0.681. The van der Waals surface area contributed by atoms with Gasteiger partial charge in [0, 0.05) is 5.38 Å². The van der Waals surface area contributed by atoms with Gasteiger partial charge in [-0.3, -0.25) is 0 Å². The normalized spacial score (nSPS) is 11.1. The average Bonchev–Trinajstić information content (AvgIpc) is 2.86. The molecule has 0 amide bonds. The predicted octanol–water partition coefficient (Wildman–Crippen LogP) is 2.84. The van der Waals surface area contributed by atoms with Gasteiger partial charge in [0.05, 0.1) is 18.3 Å². The molecular weight excluding hydrogens is 262 g/mol. The third-order valence-corrected chi connectivity index (χ3v) is 3.18. The van der Waals surface area contributed by atoms with Crippen molar-refractivity contribution in [2.75, 3.05) is 13.2 Å². The molecule has 2 rings (SSSR count). The van der Waals surface area contributed by atoms with Gasteiger partial charge >= 0.3 is 5.13 Å². The van der Waals surface area contributed by atoms with Crippen molar-refractivity contribution in [3.05, 3.63) is 35.8 Å². The van der Waals surface area contributed by atoms with Gasteiger partial charge in [-0.15, -0.1) is 0 Å². The summed E-state index contributed by atoms with van der Waals surface area (Å²) in [5.41, 5.74) is 0.771. The molecule has 0 aliphatic carbocycles. The van der Waals surface area contributed by atoms with E-state index in [1.165, 1.54) is 11.3 Å². The summed E-state index contributed by atoms with van der Waals surface area (Å²) in [6, 6.07) is 7.46. The number of rotatable bonds is 6. The van der Waals surface area contributed by atoms with E-state index in [0.29, 0.717) is 13.2 Å². The lowest BCUT2D eigenvalue weighted by atomic mass is 10.3. The molecule has 1 N–H and O–H groups in total. The molecule has 1 aromatic heterocycles. The van der Waals surface area contributed by atoms with Crippen molar-refractivity contribution in [2.45, 2.75) is 13.5 Å². The Kier molecular flexibility index (Phi) is 5.00. The molecule has 0 aliphatic rings. The summed E-state index contributed by atoms with van der Waals surface area (Å²) in [5, 5.41) is 20.0. The zero-order valence-electron chi connectivity index (χ0n) is 10.7. The number of hydrogen-bond donors (Lipinski definition) is 1. The predicted molar refractivity (Wildman–Crippen MR) is 73.4 cm³/mol. The molecular formula is C13H16N3O2S+.